The first-order valence-corrected chi connectivity index (χ1v) is 9.46. The molecule has 1 atom stereocenters. The van der Waals surface area contributed by atoms with Crippen molar-refractivity contribution in [3.05, 3.63) is 22.3 Å². The summed E-state index contributed by atoms with van der Waals surface area (Å²) in [6, 6.07) is 1.67. The van der Waals surface area contributed by atoms with Crippen LogP contribution in [0.25, 0.3) is 0 Å². The monoisotopic (exact) mass is 531 g/mol. The van der Waals surface area contributed by atoms with Crippen LogP contribution in [0.1, 0.15) is 6.42 Å². The molecule has 1 aromatic heterocycles. The predicted molar refractivity (Wildman–Crippen MR) is 122 cm³/mol. The molecule has 2 rings (SSSR count). The van der Waals surface area contributed by atoms with E-state index in [2.05, 4.69) is 25.5 Å². The molecular formula is C17H28Cl2IN5O2. The smallest absolute Gasteiger partial charge is 0.193 e. The zero-order valence-electron chi connectivity index (χ0n) is 15.7. The van der Waals surface area contributed by atoms with Crippen LogP contribution >= 0.6 is 47.2 Å². The molecule has 10 heteroatoms. The van der Waals surface area contributed by atoms with E-state index in [4.69, 9.17) is 32.7 Å². The second kappa shape index (κ2) is 13.6. The van der Waals surface area contributed by atoms with Gasteiger partial charge in [-0.1, -0.05) is 23.2 Å². The lowest BCUT2D eigenvalue weighted by Crippen LogP contribution is -2.42. The van der Waals surface area contributed by atoms with Crippen LogP contribution in [0.4, 0.5) is 5.82 Å². The number of pyridine rings is 1. The van der Waals surface area contributed by atoms with E-state index in [9.17, 15) is 0 Å². The summed E-state index contributed by atoms with van der Waals surface area (Å²) >= 11 is 11.9. The normalized spacial score (nSPS) is 17.0. The third-order valence-electron chi connectivity index (χ3n) is 4.09. The van der Waals surface area contributed by atoms with E-state index in [0.29, 0.717) is 48.1 Å². The SMILES string of the molecule is CN=C(NCCNc1ncc(Cl)cc1Cl)N1CCC(COCCOC)C1.I. The van der Waals surface area contributed by atoms with E-state index in [1.54, 1.807) is 26.4 Å². The van der Waals surface area contributed by atoms with Crippen LogP contribution in [0.15, 0.2) is 17.3 Å². The minimum absolute atomic E-state index is 0. The standard InChI is InChI=1S/C17H27Cl2N5O2.HI/c1-20-17(24-6-3-13(11-24)12-26-8-7-25-2)22-5-4-21-16-15(19)9-14(18)10-23-16;/h9-10,13H,3-8,11-12H2,1-2H3,(H,20,22)(H,21,23);1H. The highest BCUT2D eigenvalue weighted by molar-refractivity contribution is 14.0. The van der Waals surface area contributed by atoms with Gasteiger partial charge in [-0.3, -0.25) is 4.99 Å². The molecule has 0 spiro atoms. The molecule has 2 N–H and O–H groups in total. The highest BCUT2D eigenvalue weighted by Crippen LogP contribution is 2.22. The number of aromatic nitrogens is 1. The van der Waals surface area contributed by atoms with Gasteiger partial charge in [-0.25, -0.2) is 4.98 Å². The van der Waals surface area contributed by atoms with Gasteiger partial charge in [0.2, 0.25) is 0 Å². The first-order valence-electron chi connectivity index (χ1n) is 8.71. The molecule has 0 aromatic carbocycles. The van der Waals surface area contributed by atoms with Crippen LogP contribution < -0.4 is 10.6 Å². The lowest BCUT2D eigenvalue weighted by molar-refractivity contribution is 0.0536. The summed E-state index contributed by atoms with van der Waals surface area (Å²) < 4.78 is 10.6. The van der Waals surface area contributed by atoms with E-state index in [-0.39, 0.29) is 24.0 Å². The fourth-order valence-electron chi connectivity index (χ4n) is 2.79. The van der Waals surface area contributed by atoms with Crippen molar-refractivity contribution in [2.75, 3.05) is 65.5 Å². The number of nitrogens with one attached hydrogen (secondary N) is 2. The Morgan fingerprint density at radius 3 is 2.89 bits per heavy atom. The molecule has 0 bridgehead atoms. The van der Waals surface area contributed by atoms with Crippen molar-refractivity contribution in [2.45, 2.75) is 6.42 Å². The highest BCUT2D eigenvalue weighted by Gasteiger charge is 2.24. The Morgan fingerprint density at radius 1 is 1.37 bits per heavy atom. The lowest BCUT2D eigenvalue weighted by atomic mass is 10.1. The number of aliphatic imine (C=N–C) groups is 1. The molecule has 0 radical (unpaired) electrons. The largest absolute Gasteiger partial charge is 0.382 e. The van der Waals surface area contributed by atoms with Crippen molar-refractivity contribution >= 4 is 59.0 Å². The molecule has 7 nitrogen and oxygen atoms in total. The number of anilines is 1. The van der Waals surface area contributed by atoms with Gasteiger partial charge in [0, 0.05) is 52.5 Å². The predicted octanol–water partition coefficient (Wildman–Crippen LogP) is 2.98. The van der Waals surface area contributed by atoms with Gasteiger partial charge in [-0.15, -0.1) is 24.0 Å². The number of halogens is 3. The minimum atomic E-state index is 0. The number of ether oxygens (including phenoxy) is 2. The zero-order valence-corrected chi connectivity index (χ0v) is 19.6. The third kappa shape index (κ3) is 8.55. The summed E-state index contributed by atoms with van der Waals surface area (Å²) in [5.41, 5.74) is 0. The van der Waals surface area contributed by atoms with Crippen LogP contribution in [0.3, 0.4) is 0 Å². The van der Waals surface area contributed by atoms with Crippen molar-refractivity contribution in [3.63, 3.8) is 0 Å². The Labute approximate surface area is 188 Å². The van der Waals surface area contributed by atoms with Crippen LogP contribution in [0, 0.1) is 5.92 Å². The average molecular weight is 532 g/mol. The maximum Gasteiger partial charge on any atom is 0.193 e. The van der Waals surface area contributed by atoms with Gasteiger partial charge < -0.3 is 25.0 Å². The Bertz CT molecular complexity index is 594. The molecule has 154 valence electrons. The Kier molecular flexibility index (Phi) is 12.3. The lowest BCUT2D eigenvalue weighted by Gasteiger charge is -2.22. The number of rotatable bonds is 9. The third-order valence-corrected chi connectivity index (χ3v) is 4.59. The summed E-state index contributed by atoms with van der Waals surface area (Å²) in [5, 5.41) is 7.59. The van der Waals surface area contributed by atoms with Crippen molar-refractivity contribution in [1.29, 1.82) is 0 Å². The maximum absolute atomic E-state index is 6.10. The van der Waals surface area contributed by atoms with Gasteiger partial charge in [-0.2, -0.15) is 0 Å². The molecule has 27 heavy (non-hydrogen) atoms. The van der Waals surface area contributed by atoms with Crippen molar-refractivity contribution in [2.24, 2.45) is 10.9 Å². The summed E-state index contributed by atoms with van der Waals surface area (Å²) in [6.45, 7) is 5.36. The van der Waals surface area contributed by atoms with Crippen LogP contribution in [0.2, 0.25) is 10.0 Å². The topological polar surface area (TPSA) is 71.0 Å². The molecule has 1 aromatic rings. The van der Waals surface area contributed by atoms with E-state index in [0.717, 1.165) is 32.1 Å². The molecule has 1 aliphatic rings. The molecular weight excluding hydrogens is 504 g/mol. The number of likely N-dealkylation sites (tertiary alicyclic amines) is 1. The Balaban J connectivity index is 0.00000364. The van der Waals surface area contributed by atoms with Crippen LogP contribution in [0.5, 0.6) is 0 Å². The summed E-state index contributed by atoms with van der Waals surface area (Å²) in [5.74, 6) is 2.06. The molecule has 0 amide bonds. The van der Waals surface area contributed by atoms with Crippen LogP contribution in [-0.4, -0.2) is 76.0 Å². The van der Waals surface area contributed by atoms with E-state index >= 15 is 0 Å². The average Bonchev–Trinajstić information content (AvgIpc) is 3.09. The fourth-order valence-corrected chi connectivity index (χ4v) is 3.23. The number of hydrogen-bond donors (Lipinski definition) is 2. The Hall–Kier alpha value is -0.550. The van der Waals surface area contributed by atoms with Gasteiger partial charge in [0.25, 0.3) is 0 Å². The number of methoxy groups -OCH3 is 1. The fraction of sp³-hybridized carbons (Fsp3) is 0.647. The molecule has 1 fully saturated rings. The van der Waals surface area contributed by atoms with Crippen LogP contribution in [-0.2, 0) is 9.47 Å². The van der Waals surface area contributed by atoms with Crippen molar-refractivity contribution in [1.82, 2.24) is 15.2 Å². The first-order chi connectivity index (χ1) is 12.6. The second-order valence-corrected chi connectivity index (χ2v) is 6.90. The van der Waals surface area contributed by atoms with E-state index < -0.39 is 0 Å². The Morgan fingerprint density at radius 2 is 2.19 bits per heavy atom. The van der Waals surface area contributed by atoms with Crippen molar-refractivity contribution < 1.29 is 9.47 Å². The molecule has 0 saturated carbocycles. The van der Waals surface area contributed by atoms with Gasteiger partial charge in [0.1, 0.15) is 5.82 Å². The molecule has 1 unspecified atom stereocenters. The summed E-state index contributed by atoms with van der Waals surface area (Å²) in [7, 11) is 3.48. The molecule has 0 aliphatic carbocycles. The molecule has 1 aliphatic heterocycles. The molecule has 2 heterocycles. The first kappa shape index (κ1) is 24.5. The maximum atomic E-state index is 6.10. The van der Waals surface area contributed by atoms with Gasteiger partial charge in [-0.05, 0) is 12.5 Å². The summed E-state index contributed by atoms with van der Waals surface area (Å²) in [4.78, 5) is 10.8. The van der Waals surface area contributed by atoms with Gasteiger partial charge >= 0.3 is 0 Å². The molecule has 1 saturated heterocycles. The van der Waals surface area contributed by atoms with Gasteiger partial charge in [0.05, 0.1) is 29.9 Å². The van der Waals surface area contributed by atoms with E-state index in [1.165, 1.54) is 0 Å². The zero-order chi connectivity index (χ0) is 18.8. The number of guanidine groups is 1. The second-order valence-electron chi connectivity index (χ2n) is 6.05. The number of hydrogen-bond acceptors (Lipinski definition) is 5. The van der Waals surface area contributed by atoms with Crippen molar-refractivity contribution in [3.8, 4) is 0 Å². The number of nitrogens with zero attached hydrogens (tertiary/aromatic N) is 3. The quantitative estimate of drug-likeness (QED) is 0.221. The minimum Gasteiger partial charge on any atom is -0.382 e. The van der Waals surface area contributed by atoms with E-state index in [1.807, 2.05) is 0 Å². The summed E-state index contributed by atoms with van der Waals surface area (Å²) in [6.07, 6.45) is 2.68. The highest BCUT2D eigenvalue weighted by atomic mass is 127. The van der Waals surface area contributed by atoms with Gasteiger partial charge in [0.15, 0.2) is 5.96 Å².